The van der Waals surface area contributed by atoms with Crippen LogP contribution in [0.3, 0.4) is 0 Å². The van der Waals surface area contributed by atoms with Crippen LogP contribution in [-0.2, 0) is 5.60 Å². The van der Waals surface area contributed by atoms with Gasteiger partial charge >= 0.3 is 0 Å². The Morgan fingerprint density at radius 2 is 1.96 bits per heavy atom. The molecule has 1 amide bonds. The molecule has 7 heteroatoms. The minimum Gasteiger partial charge on any atom is -0.384 e. The molecule has 0 aromatic heterocycles. The number of hydrogen-bond donors (Lipinski definition) is 2. The molecule has 2 rings (SSSR count). The molecule has 0 spiro atoms. The van der Waals surface area contributed by atoms with Crippen molar-refractivity contribution in [3.8, 4) is 0 Å². The first-order valence-electron chi connectivity index (χ1n) is 6.81. The van der Waals surface area contributed by atoms with Crippen LogP contribution in [0.5, 0.6) is 0 Å². The van der Waals surface area contributed by atoms with Crippen LogP contribution in [-0.4, -0.2) is 22.5 Å². The average molecular weight is 335 g/mol. The lowest BCUT2D eigenvalue weighted by Gasteiger charge is -2.24. The molecule has 0 aliphatic rings. The molecule has 0 heterocycles. The molecule has 0 bridgehead atoms. The van der Waals surface area contributed by atoms with E-state index in [2.05, 4.69) is 5.32 Å². The number of carbonyl (C=O) groups is 1. The van der Waals surface area contributed by atoms with Gasteiger partial charge in [0, 0.05) is 11.6 Å². The molecule has 6 nitrogen and oxygen atoms in total. The number of benzene rings is 2. The first-order chi connectivity index (χ1) is 10.8. The van der Waals surface area contributed by atoms with Crippen LogP contribution in [0.1, 0.15) is 22.8 Å². The summed E-state index contributed by atoms with van der Waals surface area (Å²) in [4.78, 5) is 22.3. The molecule has 23 heavy (non-hydrogen) atoms. The zero-order valence-electron chi connectivity index (χ0n) is 12.3. The van der Waals surface area contributed by atoms with E-state index in [1.54, 1.807) is 31.2 Å². The summed E-state index contributed by atoms with van der Waals surface area (Å²) in [6.07, 6.45) is 0. The molecule has 0 radical (unpaired) electrons. The quantitative estimate of drug-likeness (QED) is 0.649. The number of carbonyl (C=O) groups excluding carboxylic acids is 1. The monoisotopic (exact) mass is 334 g/mol. The third-order valence-corrected chi connectivity index (χ3v) is 3.71. The Morgan fingerprint density at radius 3 is 2.57 bits per heavy atom. The fraction of sp³-hybridized carbons (Fsp3) is 0.188. The lowest BCUT2D eigenvalue weighted by Crippen LogP contribution is -2.38. The van der Waals surface area contributed by atoms with Gasteiger partial charge in [-0.25, -0.2) is 0 Å². The molecular weight excluding hydrogens is 320 g/mol. The van der Waals surface area contributed by atoms with Crippen molar-refractivity contribution < 1.29 is 14.8 Å². The summed E-state index contributed by atoms with van der Waals surface area (Å²) in [6.45, 7) is 1.54. The van der Waals surface area contributed by atoms with E-state index in [1.807, 2.05) is 6.07 Å². The highest BCUT2D eigenvalue weighted by atomic mass is 35.5. The van der Waals surface area contributed by atoms with Crippen LogP contribution in [0.2, 0.25) is 5.02 Å². The molecule has 2 N–H and O–H groups in total. The predicted octanol–water partition coefficient (Wildman–Crippen LogP) is 2.89. The van der Waals surface area contributed by atoms with E-state index in [-0.39, 0.29) is 22.8 Å². The Bertz CT molecular complexity index is 732. The zero-order chi connectivity index (χ0) is 17.0. The second kappa shape index (κ2) is 6.76. The van der Waals surface area contributed by atoms with E-state index in [0.717, 1.165) is 6.07 Å². The maximum atomic E-state index is 12.1. The Labute approximate surface area is 137 Å². The third-order valence-electron chi connectivity index (χ3n) is 3.39. The minimum atomic E-state index is -1.25. The SMILES string of the molecule is CC(O)(CNC(=O)c1ccc(Cl)c([N+](=O)[O-])c1)c1ccccc1. The van der Waals surface area contributed by atoms with Crippen LogP contribution >= 0.6 is 11.6 Å². The molecule has 0 aliphatic heterocycles. The van der Waals surface area contributed by atoms with Crippen LogP contribution in [0.15, 0.2) is 48.5 Å². The van der Waals surface area contributed by atoms with Crippen molar-refractivity contribution in [1.82, 2.24) is 5.32 Å². The lowest BCUT2D eigenvalue weighted by atomic mass is 9.96. The van der Waals surface area contributed by atoms with Crippen molar-refractivity contribution in [2.45, 2.75) is 12.5 Å². The first-order valence-corrected chi connectivity index (χ1v) is 7.19. The molecule has 0 aliphatic carbocycles. The number of rotatable bonds is 5. The summed E-state index contributed by atoms with van der Waals surface area (Å²) < 4.78 is 0. The maximum Gasteiger partial charge on any atom is 0.288 e. The normalized spacial score (nSPS) is 13.2. The van der Waals surface area contributed by atoms with Gasteiger partial charge in [-0.3, -0.25) is 14.9 Å². The highest BCUT2D eigenvalue weighted by Gasteiger charge is 2.24. The zero-order valence-corrected chi connectivity index (χ0v) is 13.1. The van der Waals surface area contributed by atoms with Gasteiger partial charge in [0.2, 0.25) is 0 Å². The van der Waals surface area contributed by atoms with Gasteiger partial charge in [-0.1, -0.05) is 41.9 Å². The summed E-state index contributed by atoms with van der Waals surface area (Å²) in [6, 6.07) is 12.7. The van der Waals surface area contributed by atoms with Gasteiger partial charge in [0.05, 0.1) is 11.5 Å². The van der Waals surface area contributed by atoms with Crippen molar-refractivity contribution in [3.63, 3.8) is 0 Å². The van der Waals surface area contributed by atoms with E-state index in [9.17, 15) is 20.0 Å². The van der Waals surface area contributed by atoms with E-state index >= 15 is 0 Å². The van der Waals surface area contributed by atoms with E-state index in [1.165, 1.54) is 12.1 Å². The van der Waals surface area contributed by atoms with Crippen molar-refractivity contribution in [3.05, 3.63) is 74.8 Å². The van der Waals surface area contributed by atoms with Gasteiger partial charge in [0.1, 0.15) is 10.6 Å². The Morgan fingerprint density at radius 1 is 1.30 bits per heavy atom. The van der Waals surface area contributed by atoms with Crippen molar-refractivity contribution >= 4 is 23.2 Å². The van der Waals surface area contributed by atoms with Gasteiger partial charge in [-0.05, 0) is 24.6 Å². The van der Waals surface area contributed by atoms with Crippen LogP contribution in [0, 0.1) is 10.1 Å². The van der Waals surface area contributed by atoms with Gasteiger partial charge in [-0.2, -0.15) is 0 Å². The van der Waals surface area contributed by atoms with Crippen molar-refractivity contribution in [1.29, 1.82) is 0 Å². The summed E-state index contributed by atoms with van der Waals surface area (Å²) >= 11 is 5.71. The van der Waals surface area contributed by atoms with E-state index < -0.39 is 16.4 Å². The number of hydrogen-bond acceptors (Lipinski definition) is 4. The fourth-order valence-electron chi connectivity index (χ4n) is 2.05. The standard InChI is InChI=1S/C16H15ClN2O4/c1-16(21,12-5-3-2-4-6-12)10-18-15(20)11-7-8-13(17)14(9-11)19(22)23/h2-9,21H,10H2,1H3,(H,18,20). The largest absolute Gasteiger partial charge is 0.384 e. The molecule has 2 aromatic carbocycles. The van der Waals surface area contributed by atoms with Crippen molar-refractivity contribution in [2.24, 2.45) is 0 Å². The molecular formula is C16H15ClN2O4. The minimum absolute atomic E-state index is 0.0354. The highest BCUT2D eigenvalue weighted by molar-refractivity contribution is 6.32. The topological polar surface area (TPSA) is 92.5 Å². The van der Waals surface area contributed by atoms with Gasteiger partial charge in [-0.15, -0.1) is 0 Å². The van der Waals surface area contributed by atoms with Crippen LogP contribution in [0.25, 0.3) is 0 Å². The summed E-state index contributed by atoms with van der Waals surface area (Å²) in [5.74, 6) is -0.527. The number of nitro groups is 1. The fourth-order valence-corrected chi connectivity index (χ4v) is 2.23. The maximum absolute atomic E-state index is 12.1. The van der Waals surface area contributed by atoms with Gasteiger partial charge < -0.3 is 10.4 Å². The molecule has 0 fully saturated rings. The number of aliphatic hydroxyl groups is 1. The van der Waals surface area contributed by atoms with E-state index in [0.29, 0.717) is 5.56 Å². The average Bonchev–Trinajstić information content (AvgIpc) is 2.53. The molecule has 0 saturated carbocycles. The number of nitrogens with one attached hydrogen (secondary N) is 1. The van der Waals surface area contributed by atoms with Gasteiger partial charge in [0.25, 0.3) is 11.6 Å². The van der Waals surface area contributed by atoms with E-state index in [4.69, 9.17) is 11.6 Å². The Balaban J connectivity index is 2.11. The highest BCUT2D eigenvalue weighted by Crippen LogP contribution is 2.25. The molecule has 1 atom stereocenters. The third kappa shape index (κ3) is 4.06. The summed E-state index contributed by atoms with van der Waals surface area (Å²) in [7, 11) is 0. The predicted molar refractivity (Wildman–Crippen MR) is 86.5 cm³/mol. The van der Waals surface area contributed by atoms with Crippen LogP contribution in [0.4, 0.5) is 5.69 Å². The van der Waals surface area contributed by atoms with Gasteiger partial charge in [0.15, 0.2) is 0 Å². The second-order valence-electron chi connectivity index (χ2n) is 5.25. The Hall–Kier alpha value is -2.44. The molecule has 120 valence electrons. The van der Waals surface area contributed by atoms with Crippen molar-refractivity contribution in [2.75, 3.05) is 6.54 Å². The number of nitro benzene ring substituents is 1. The lowest BCUT2D eigenvalue weighted by molar-refractivity contribution is -0.384. The van der Waals surface area contributed by atoms with Crippen LogP contribution < -0.4 is 5.32 Å². The molecule has 1 unspecified atom stereocenters. The Kier molecular flexibility index (Phi) is 4.98. The summed E-state index contributed by atoms with van der Waals surface area (Å²) in [5, 5.41) is 23.8. The second-order valence-corrected chi connectivity index (χ2v) is 5.65. The number of amides is 1. The number of nitrogens with zero attached hydrogens (tertiary/aromatic N) is 1. The number of halogens is 1. The molecule has 2 aromatic rings. The smallest absolute Gasteiger partial charge is 0.288 e. The molecule has 0 saturated heterocycles. The summed E-state index contributed by atoms with van der Waals surface area (Å²) in [5.41, 5.74) is -0.837. The first kappa shape index (κ1) is 16.9.